The topological polar surface area (TPSA) is 59.4 Å². The number of benzene rings is 7. The van der Waals surface area contributed by atoms with Gasteiger partial charge in [-0.25, -0.2) is 0 Å². The number of pyridine rings is 2. The molecule has 1 spiro atoms. The van der Waals surface area contributed by atoms with Crippen LogP contribution in [-0.4, -0.2) is 19.1 Å². The second-order valence-corrected chi connectivity index (χ2v) is 16.7. The zero-order valence-electron chi connectivity index (χ0n) is 32.0. The fourth-order valence-electron chi connectivity index (χ4n) is 10.3. The summed E-state index contributed by atoms with van der Waals surface area (Å²) in [6.45, 7) is 0. The van der Waals surface area contributed by atoms with Crippen LogP contribution >= 0.6 is 11.8 Å². The van der Waals surface area contributed by atoms with Crippen molar-refractivity contribution < 1.29 is 0 Å². The van der Waals surface area contributed by atoms with Crippen LogP contribution in [0.15, 0.2) is 198 Å². The minimum Gasteiger partial charge on any atom is -0.307 e. The van der Waals surface area contributed by atoms with Crippen molar-refractivity contribution in [2.24, 2.45) is 0 Å². The number of hydrogen-bond acceptors (Lipinski definition) is 4. The summed E-state index contributed by atoms with van der Waals surface area (Å²) < 4.78 is 4.76. The van der Waals surface area contributed by atoms with Gasteiger partial charge in [-0.1, -0.05) is 103 Å². The maximum absolute atomic E-state index is 9.80. The van der Waals surface area contributed by atoms with Crippen LogP contribution < -0.4 is 0 Å². The molecule has 0 bridgehead atoms. The second kappa shape index (κ2) is 12.4. The first-order valence-corrected chi connectivity index (χ1v) is 20.9. The number of nitriles is 1. The third kappa shape index (κ3) is 4.36. The Labute approximate surface area is 349 Å². The highest BCUT2D eigenvalue weighted by Crippen LogP contribution is 2.61. The molecule has 0 N–H and O–H groups in total. The summed E-state index contributed by atoms with van der Waals surface area (Å²) in [5.74, 6) is 0. The average molecular weight is 782 g/mol. The van der Waals surface area contributed by atoms with Crippen molar-refractivity contribution in [3.63, 3.8) is 0 Å². The van der Waals surface area contributed by atoms with E-state index in [-0.39, 0.29) is 0 Å². The van der Waals surface area contributed by atoms with Gasteiger partial charge < -0.3 is 9.13 Å². The van der Waals surface area contributed by atoms with Crippen molar-refractivity contribution in [2.75, 3.05) is 0 Å². The largest absolute Gasteiger partial charge is 0.307 e. The molecule has 0 radical (unpaired) electrons. The molecule has 5 heterocycles. The van der Waals surface area contributed by atoms with E-state index in [1.807, 2.05) is 36.3 Å². The van der Waals surface area contributed by atoms with E-state index in [0.717, 1.165) is 66.7 Å². The van der Waals surface area contributed by atoms with Crippen LogP contribution in [0.5, 0.6) is 0 Å². The maximum atomic E-state index is 9.80. The van der Waals surface area contributed by atoms with Gasteiger partial charge in [0, 0.05) is 43.7 Å². The van der Waals surface area contributed by atoms with Gasteiger partial charge >= 0.3 is 0 Å². The SMILES string of the molecule is N#Cc1ccc2c(c1)c1ccccc1n2-c1ccccc1-n1c2ccccc2c2cc(-c3ccc4c(c3)C3(c5ccccc5S4)c4cccnc4-c4ncccc43)ccc21. The van der Waals surface area contributed by atoms with Gasteiger partial charge in [-0.3, -0.25) is 9.97 Å². The molecule has 60 heavy (non-hydrogen) atoms. The van der Waals surface area contributed by atoms with E-state index in [1.165, 1.54) is 42.8 Å². The smallest absolute Gasteiger partial charge is 0.0991 e. The Balaban J connectivity index is 1.03. The molecule has 2 aliphatic rings. The first-order valence-electron chi connectivity index (χ1n) is 20.1. The lowest BCUT2D eigenvalue weighted by molar-refractivity contribution is 0.720. The van der Waals surface area contributed by atoms with Crippen LogP contribution in [0.2, 0.25) is 0 Å². The molecule has 13 rings (SSSR count). The highest BCUT2D eigenvalue weighted by molar-refractivity contribution is 7.99. The Bertz CT molecular complexity index is 3630. The Morgan fingerprint density at radius 1 is 0.433 bits per heavy atom. The third-order valence-corrected chi connectivity index (χ3v) is 13.9. The van der Waals surface area contributed by atoms with Crippen LogP contribution in [-0.2, 0) is 5.41 Å². The van der Waals surface area contributed by atoms with Crippen LogP contribution in [0, 0.1) is 11.3 Å². The quantitative estimate of drug-likeness (QED) is 0.179. The maximum Gasteiger partial charge on any atom is 0.0991 e. The van der Waals surface area contributed by atoms with Crippen molar-refractivity contribution in [3.05, 3.63) is 216 Å². The Morgan fingerprint density at radius 2 is 0.950 bits per heavy atom. The number of fused-ring (bicyclic) bond motifs is 15. The minimum absolute atomic E-state index is 0.548. The summed E-state index contributed by atoms with van der Waals surface area (Å²) in [6.07, 6.45) is 3.77. The summed E-state index contributed by atoms with van der Waals surface area (Å²) in [7, 11) is 0. The molecule has 278 valence electrons. The zero-order chi connectivity index (χ0) is 39.5. The van der Waals surface area contributed by atoms with E-state index in [0.29, 0.717) is 5.56 Å². The summed E-state index contributed by atoms with van der Waals surface area (Å²) in [5, 5.41) is 14.4. The molecular weight excluding hydrogens is 751 g/mol. The number of rotatable bonds is 3. The van der Waals surface area contributed by atoms with Crippen LogP contribution in [0.1, 0.15) is 27.8 Å². The van der Waals surface area contributed by atoms with E-state index >= 15 is 0 Å². The van der Waals surface area contributed by atoms with Gasteiger partial charge in [-0.15, -0.1) is 0 Å². The van der Waals surface area contributed by atoms with E-state index in [2.05, 4.69) is 179 Å². The lowest BCUT2D eigenvalue weighted by Crippen LogP contribution is -2.32. The molecule has 7 aromatic carbocycles. The molecule has 0 saturated carbocycles. The van der Waals surface area contributed by atoms with Crippen molar-refractivity contribution >= 4 is 55.4 Å². The molecule has 0 unspecified atom stereocenters. The van der Waals surface area contributed by atoms with Crippen LogP contribution in [0.3, 0.4) is 0 Å². The fraction of sp³-hybridized carbons (Fsp3) is 0.0185. The lowest BCUT2D eigenvalue weighted by Gasteiger charge is -2.39. The fourth-order valence-corrected chi connectivity index (χ4v) is 11.5. The molecule has 5 nitrogen and oxygen atoms in total. The van der Waals surface area contributed by atoms with Crippen molar-refractivity contribution in [1.82, 2.24) is 19.1 Å². The molecule has 0 saturated heterocycles. The highest BCUT2D eigenvalue weighted by Gasteiger charge is 2.51. The number of aromatic nitrogens is 4. The van der Waals surface area contributed by atoms with E-state index in [9.17, 15) is 5.26 Å². The summed E-state index contributed by atoms with van der Waals surface area (Å²) in [5.41, 5.74) is 15.8. The first kappa shape index (κ1) is 33.3. The lowest BCUT2D eigenvalue weighted by atomic mass is 9.67. The summed E-state index contributed by atoms with van der Waals surface area (Å²) in [4.78, 5) is 12.4. The summed E-state index contributed by atoms with van der Waals surface area (Å²) >= 11 is 1.84. The normalized spacial score (nSPS) is 13.4. The average Bonchev–Trinajstić information content (AvgIpc) is 3.93. The first-order chi connectivity index (χ1) is 29.7. The Morgan fingerprint density at radius 3 is 1.63 bits per heavy atom. The van der Waals surface area contributed by atoms with Gasteiger partial charge in [0.2, 0.25) is 0 Å². The molecule has 4 aromatic heterocycles. The van der Waals surface area contributed by atoms with Crippen LogP contribution in [0.25, 0.3) is 77.5 Å². The number of nitrogens with zero attached hydrogens (tertiary/aromatic N) is 5. The third-order valence-electron chi connectivity index (χ3n) is 12.7. The van der Waals surface area contributed by atoms with Gasteiger partial charge in [-0.05, 0) is 118 Å². The van der Waals surface area contributed by atoms with Crippen molar-refractivity contribution in [3.8, 4) is 40.0 Å². The molecular formula is C54H31N5S. The second-order valence-electron chi connectivity index (χ2n) is 15.6. The van der Waals surface area contributed by atoms with E-state index in [4.69, 9.17) is 9.97 Å². The number of hydrogen-bond donors (Lipinski definition) is 0. The highest BCUT2D eigenvalue weighted by atomic mass is 32.2. The van der Waals surface area contributed by atoms with Gasteiger partial charge in [0.15, 0.2) is 0 Å². The van der Waals surface area contributed by atoms with Gasteiger partial charge in [0.05, 0.1) is 61.9 Å². The van der Waals surface area contributed by atoms with Crippen molar-refractivity contribution in [1.29, 1.82) is 5.26 Å². The van der Waals surface area contributed by atoms with Crippen LogP contribution in [0.4, 0.5) is 0 Å². The van der Waals surface area contributed by atoms with Gasteiger partial charge in [0.25, 0.3) is 0 Å². The zero-order valence-corrected chi connectivity index (χ0v) is 32.9. The summed E-state index contributed by atoms with van der Waals surface area (Å²) in [6, 6.07) is 65.7. The monoisotopic (exact) mass is 781 g/mol. The molecule has 1 aliphatic heterocycles. The standard InChI is InChI=1S/C54H31N5S/c55-32-33-21-24-46-38(29-33)36-11-1-4-16-44(36)58(46)48-18-6-7-19-49(48)59-45-17-5-2-12-37(45)39-30-34(22-25-47(39)59)35-23-26-51-43(31-35)54(40-13-3-8-20-50(40)60-51)41-14-9-27-56-52(41)53-42(54)15-10-28-57-53/h1-31H. The molecule has 1 aliphatic carbocycles. The Kier molecular flexibility index (Phi) is 6.87. The predicted octanol–water partition coefficient (Wildman–Crippen LogP) is 13.0. The molecule has 0 fully saturated rings. The van der Waals surface area contributed by atoms with Gasteiger partial charge in [0.1, 0.15) is 0 Å². The molecule has 6 heteroatoms. The Hall–Kier alpha value is -7.72. The van der Waals surface area contributed by atoms with Gasteiger partial charge in [-0.2, -0.15) is 5.26 Å². The molecule has 11 aromatic rings. The van der Waals surface area contributed by atoms with Crippen molar-refractivity contribution in [2.45, 2.75) is 15.2 Å². The molecule has 0 amide bonds. The van der Waals surface area contributed by atoms with E-state index < -0.39 is 5.41 Å². The van der Waals surface area contributed by atoms with E-state index in [1.54, 1.807) is 0 Å². The minimum atomic E-state index is -0.548. The molecule has 0 atom stereocenters. The predicted molar refractivity (Wildman–Crippen MR) is 242 cm³/mol. The number of para-hydroxylation sites is 4.